The van der Waals surface area contributed by atoms with Crippen molar-refractivity contribution in [1.82, 2.24) is 0 Å². The second-order valence-electron chi connectivity index (χ2n) is 0.717. The molecule has 0 aromatic heterocycles. The first kappa shape index (κ1) is 6.02. The fourth-order valence-corrected chi connectivity index (χ4v) is 0.285. The summed E-state index contributed by atoms with van der Waals surface area (Å²) in [6, 6.07) is 0. The summed E-state index contributed by atoms with van der Waals surface area (Å²) >= 11 is 3.04. The Hall–Kier alpha value is 0.0200. The van der Waals surface area contributed by atoms with Crippen LogP contribution in [0.2, 0.25) is 0 Å². The number of hydrogen-bond acceptors (Lipinski definition) is 1. The van der Waals surface area contributed by atoms with E-state index in [1.54, 1.807) is 11.2 Å². The molecule has 6 heavy (non-hydrogen) atoms. The van der Waals surface area contributed by atoms with Crippen molar-refractivity contribution in [1.29, 1.82) is 0 Å². The predicted molar refractivity (Wildman–Crippen MR) is 29.7 cm³/mol. The lowest BCUT2D eigenvalue weighted by molar-refractivity contribution is 0.270. The van der Waals surface area contributed by atoms with Gasteiger partial charge in [-0.3, -0.25) is 0 Å². The van der Waals surface area contributed by atoms with E-state index in [1.807, 2.05) is 6.92 Å². The van der Waals surface area contributed by atoms with E-state index >= 15 is 0 Å². The van der Waals surface area contributed by atoms with Gasteiger partial charge < -0.3 is 4.74 Å². The molecule has 0 amide bonds. The van der Waals surface area contributed by atoms with E-state index in [1.165, 1.54) is 0 Å². The quantitative estimate of drug-likeness (QED) is 0.547. The highest BCUT2D eigenvalue weighted by Gasteiger charge is 1.60. The van der Waals surface area contributed by atoms with Gasteiger partial charge in [-0.05, 0) is 6.92 Å². The third-order valence-corrected chi connectivity index (χ3v) is 0.530. The Morgan fingerprint density at radius 2 is 2.50 bits per heavy atom. The minimum absolute atomic E-state index is 0.738. The normalized spacial score (nSPS) is 9.67. The van der Waals surface area contributed by atoms with Gasteiger partial charge in [0.05, 0.1) is 12.9 Å². The van der Waals surface area contributed by atoms with Gasteiger partial charge in [-0.15, -0.1) is 0 Å². The van der Waals surface area contributed by atoms with E-state index < -0.39 is 0 Å². The third-order valence-electron chi connectivity index (χ3n) is 0.314. The molecule has 0 radical (unpaired) electrons. The molecule has 0 unspecified atom stereocenters. The molecule has 1 nitrogen and oxygen atoms in total. The number of rotatable bonds is 2. The van der Waals surface area contributed by atoms with E-state index in [2.05, 4.69) is 15.9 Å². The smallest absolute Gasteiger partial charge is 0.0897 e. The van der Waals surface area contributed by atoms with E-state index in [0.717, 1.165) is 6.61 Å². The summed E-state index contributed by atoms with van der Waals surface area (Å²) in [7, 11) is 0. The first-order valence-corrected chi connectivity index (χ1v) is 2.70. The van der Waals surface area contributed by atoms with Gasteiger partial charge in [0.2, 0.25) is 0 Å². The van der Waals surface area contributed by atoms with Gasteiger partial charge in [0.1, 0.15) is 0 Å². The molecule has 0 bridgehead atoms. The molecule has 0 atom stereocenters. The fourth-order valence-electron chi connectivity index (χ4n) is 0.133. The topological polar surface area (TPSA) is 9.23 Å². The minimum Gasteiger partial charge on any atom is -0.501 e. The Labute approximate surface area is 46.1 Å². The Morgan fingerprint density at radius 3 is 2.67 bits per heavy atom. The standard InChI is InChI=1S/C4H7BrO/c1-2-6-4-3-5/h3-4H,2H2,1H3/b4-3-. The zero-order chi connectivity index (χ0) is 4.83. The molecule has 0 N–H and O–H groups in total. The second-order valence-corrected chi connectivity index (χ2v) is 1.25. The van der Waals surface area contributed by atoms with E-state index in [4.69, 9.17) is 4.74 Å². The Balaban J connectivity index is 2.66. The summed E-state index contributed by atoms with van der Waals surface area (Å²) in [6.45, 7) is 2.68. The fraction of sp³-hybridized carbons (Fsp3) is 0.500. The van der Waals surface area contributed by atoms with Gasteiger partial charge in [0.15, 0.2) is 0 Å². The van der Waals surface area contributed by atoms with Crippen LogP contribution in [0.5, 0.6) is 0 Å². The molecule has 0 aromatic rings. The van der Waals surface area contributed by atoms with Crippen LogP contribution in [-0.2, 0) is 4.74 Å². The van der Waals surface area contributed by atoms with Crippen LogP contribution >= 0.6 is 15.9 Å². The van der Waals surface area contributed by atoms with Crippen LogP contribution in [0.1, 0.15) is 6.92 Å². The summed E-state index contributed by atoms with van der Waals surface area (Å²) in [5.41, 5.74) is 0. The van der Waals surface area contributed by atoms with Gasteiger partial charge in [-0.1, -0.05) is 15.9 Å². The van der Waals surface area contributed by atoms with Gasteiger partial charge in [-0.25, -0.2) is 0 Å². The predicted octanol–water partition coefficient (Wildman–Crippen LogP) is 1.89. The van der Waals surface area contributed by atoms with Crippen molar-refractivity contribution in [2.75, 3.05) is 6.61 Å². The van der Waals surface area contributed by atoms with Crippen LogP contribution in [-0.4, -0.2) is 6.61 Å². The average molecular weight is 151 g/mol. The molecule has 0 fully saturated rings. The molecule has 0 aliphatic heterocycles. The highest BCUT2D eigenvalue weighted by atomic mass is 79.9. The van der Waals surface area contributed by atoms with E-state index in [9.17, 15) is 0 Å². The minimum atomic E-state index is 0.738. The maximum Gasteiger partial charge on any atom is 0.0897 e. The molecule has 0 saturated carbocycles. The number of halogens is 1. The SMILES string of the molecule is CCO/C=C\Br. The molecule has 0 saturated heterocycles. The van der Waals surface area contributed by atoms with Crippen molar-refractivity contribution >= 4 is 15.9 Å². The van der Waals surface area contributed by atoms with Crippen molar-refractivity contribution in [3.63, 3.8) is 0 Å². The molecule has 0 heterocycles. The zero-order valence-corrected chi connectivity index (χ0v) is 5.23. The molecule has 0 aromatic carbocycles. The van der Waals surface area contributed by atoms with Crippen LogP contribution in [0.3, 0.4) is 0 Å². The third kappa shape index (κ3) is 4.02. The number of ether oxygens (including phenoxy) is 1. The summed E-state index contributed by atoms with van der Waals surface area (Å²) in [5, 5.41) is 0. The lowest BCUT2D eigenvalue weighted by Gasteiger charge is -1.86. The first-order valence-electron chi connectivity index (χ1n) is 1.78. The van der Waals surface area contributed by atoms with Crippen LogP contribution in [0, 0.1) is 0 Å². The zero-order valence-electron chi connectivity index (χ0n) is 3.65. The maximum atomic E-state index is 4.76. The maximum absolute atomic E-state index is 4.76. The molecular formula is C4H7BrO. The second kappa shape index (κ2) is 5.02. The van der Waals surface area contributed by atoms with Crippen LogP contribution in [0.4, 0.5) is 0 Å². The highest BCUT2D eigenvalue weighted by Crippen LogP contribution is 1.81. The lowest BCUT2D eigenvalue weighted by atomic mass is 10.9. The van der Waals surface area contributed by atoms with Crippen molar-refractivity contribution in [3.05, 3.63) is 11.2 Å². The average Bonchev–Trinajstić information content (AvgIpc) is 1.61. The van der Waals surface area contributed by atoms with Gasteiger partial charge in [0.25, 0.3) is 0 Å². The monoisotopic (exact) mass is 150 g/mol. The summed E-state index contributed by atoms with van der Waals surface area (Å²) in [5.74, 6) is 0. The summed E-state index contributed by atoms with van der Waals surface area (Å²) in [4.78, 5) is 1.68. The van der Waals surface area contributed by atoms with Crippen LogP contribution < -0.4 is 0 Å². The van der Waals surface area contributed by atoms with Crippen molar-refractivity contribution in [2.24, 2.45) is 0 Å². The first-order chi connectivity index (χ1) is 2.91. The van der Waals surface area contributed by atoms with Crippen molar-refractivity contribution < 1.29 is 4.74 Å². The molecule has 0 spiro atoms. The molecule has 0 rings (SSSR count). The van der Waals surface area contributed by atoms with Gasteiger partial charge in [0, 0.05) is 4.99 Å². The molecule has 0 aliphatic rings. The molecule has 2 heteroatoms. The van der Waals surface area contributed by atoms with Crippen LogP contribution in [0.15, 0.2) is 11.2 Å². The summed E-state index contributed by atoms with van der Waals surface area (Å²) < 4.78 is 4.76. The molecular weight excluding hydrogens is 144 g/mol. The van der Waals surface area contributed by atoms with Crippen LogP contribution in [0.25, 0.3) is 0 Å². The van der Waals surface area contributed by atoms with E-state index in [0.29, 0.717) is 0 Å². The molecule has 36 valence electrons. The Morgan fingerprint density at radius 1 is 1.83 bits per heavy atom. The van der Waals surface area contributed by atoms with Gasteiger partial charge >= 0.3 is 0 Å². The van der Waals surface area contributed by atoms with Crippen molar-refractivity contribution in [2.45, 2.75) is 6.92 Å². The van der Waals surface area contributed by atoms with Gasteiger partial charge in [-0.2, -0.15) is 0 Å². The highest BCUT2D eigenvalue weighted by molar-refractivity contribution is 9.11. The number of hydrogen-bond donors (Lipinski definition) is 0. The van der Waals surface area contributed by atoms with E-state index in [-0.39, 0.29) is 0 Å². The lowest BCUT2D eigenvalue weighted by Crippen LogP contribution is -1.73. The van der Waals surface area contributed by atoms with Crippen molar-refractivity contribution in [3.8, 4) is 0 Å². The Kier molecular flexibility index (Phi) is 5.04. The Bertz CT molecular complexity index is 42.8. The largest absolute Gasteiger partial charge is 0.501 e. The molecule has 0 aliphatic carbocycles. The summed E-state index contributed by atoms with van der Waals surface area (Å²) in [6.07, 6.45) is 1.60.